The number of nitrogens with zero attached hydrogens (tertiary/aromatic N) is 1. The standard InChI is InChI=1S/C29H33NO6/c1-7-10-36-22-9-8-17(11-23(22)35-6)25-26-18(12-28(2,3)14-20(26)31)30(16-24(33)34)19-13-29(4,5)15-21(32)27(19)25/h1,8-9,11,25H,10,12-16H2,2-6H3,(H,33,34)/p-1. The van der Waals surface area contributed by atoms with E-state index in [1.807, 2.05) is 33.8 Å². The van der Waals surface area contributed by atoms with Crippen LogP contribution in [0.2, 0.25) is 0 Å². The van der Waals surface area contributed by atoms with Crippen molar-refractivity contribution < 1.29 is 29.0 Å². The minimum Gasteiger partial charge on any atom is -0.548 e. The van der Waals surface area contributed by atoms with Crippen molar-refractivity contribution in [2.75, 3.05) is 20.3 Å². The van der Waals surface area contributed by atoms with Crippen LogP contribution in [0.15, 0.2) is 40.7 Å². The van der Waals surface area contributed by atoms with Crippen molar-refractivity contribution in [3.05, 3.63) is 46.3 Å². The van der Waals surface area contributed by atoms with Crippen LogP contribution in [0.3, 0.4) is 0 Å². The molecule has 0 saturated carbocycles. The molecule has 0 radical (unpaired) electrons. The summed E-state index contributed by atoms with van der Waals surface area (Å²) < 4.78 is 11.1. The van der Waals surface area contributed by atoms with Crippen LogP contribution in [0.4, 0.5) is 0 Å². The number of carbonyl (C=O) groups excluding carboxylic acids is 3. The maximum Gasteiger partial charge on any atom is 0.162 e. The van der Waals surface area contributed by atoms with E-state index in [9.17, 15) is 19.5 Å². The number of carbonyl (C=O) groups is 3. The SMILES string of the molecule is C#CCOc1ccc(C2C3=C(CC(C)(C)CC3=O)N(CC(=O)[O-])C3=C2C(=O)CC(C)(C)C3)cc1OC. The number of carboxylic acid groups (broad SMARTS) is 1. The number of allylic oxidation sites excluding steroid dienone is 4. The number of Topliss-reactive ketones (excluding diaryl/α,β-unsaturated/α-hetero) is 2. The first-order chi connectivity index (χ1) is 16.9. The highest BCUT2D eigenvalue weighted by molar-refractivity contribution is 6.07. The third-order valence-electron chi connectivity index (χ3n) is 7.14. The number of aliphatic carboxylic acids is 1. The maximum absolute atomic E-state index is 13.7. The Morgan fingerprint density at radius 3 is 2.06 bits per heavy atom. The Labute approximate surface area is 212 Å². The van der Waals surface area contributed by atoms with Gasteiger partial charge in [-0.3, -0.25) is 9.59 Å². The van der Waals surface area contributed by atoms with Gasteiger partial charge >= 0.3 is 0 Å². The first kappa shape index (κ1) is 25.6. The molecule has 7 heteroatoms. The molecule has 0 saturated heterocycles. The van der Waals surface area contributed by atoms with Gasteiger partial charge in [-0.15, -0.1) is 6.42 Å². The third-order valence-corrected chi connectivity index (χ3v) is 7.14. The lowest BCUT2D eigenvalue weighted by Gasteiger charge is -2.49. The van der Waals surface area contributed by atoms with Crippen LogP contribution in [-0.2, 0) is 14.4 Å². The summed E-state index contributed by atoms with van der Waals surface area (Å²) in [5.41, 5.74) is 2.34. The first-order valence-corrected chi connectivity index (χ1v) is 12.1. The number of terminal acetylenes is 1. The Morgan fingerprint density at radius 1 is 1.03 bits per heavy atom. The lowest BCUT2D eigenvalue weighted by molar-refractivity contribution is -0.305. The van der Waals surface area contributed by atoms with E-state index in [0.29, 0.717) is 65.3 Å². The molecule has 1 aliphatic heterocycles. The van der Waals surface area contributed by atoms with Gasteiger partial charge in [0.1, 0.15) is 6.61 Å². The van der Waals surface area contributed by atoms with Gasteiger partial charge in [-0.1, -0.05) is 39.7 Å². The van der Waals surface area contributed by atoms with Crippen molar-refractivity contribution in [2.45, 2.75) is 59.3 Å². The fourth-order valence-corrected chi connectivity index (χ4v) is 5.80. The van der Waals surface area contributed by atoms with Crippen LogP contribution in [0.1, 0.15) is 64.9 Å². The summed E-state index contributed by atoms with van der Waals surface area (Å²) in [4.78, 5) is 40.9. The summed E-state index contributed by atoms with van der Waals surface area (Å²) in [6.07, 6.45) is 6.98. The Morgan fingerprint density at radius 2 is 1.58 bits per heavy atom. The van der Waals surface area contributed by atoms with Gasteiger partial charge in [0, 0.05) is 41.3 Å². The molecule has 3 aliphatic rings. The predicted molar refractivity (Wildman–Crippen MR) is 132 cm³/mol. The van der Waals surface area contributed by atoms with Gasteiger partial charge < -0.3 is 24.3 Å². The van der Waals surface area contributed by atoms with Crippen LogP contribution >= 0.6 is 0 Å². The van der Waals surface area contributed by atoms with Gasteiger partial charge in [0.25, 0.3) is 0 Å². The monoisotopic (exact) mass is 490 g/mol. The van der Waals surface area contributed by atoms with Crippen molar-refractivity contribution in [3.8, 4) is 23.8 Å². The molecule has 2 aliphatic carbocycles. The van der Waals surface area contributed by atoms with E-state index in [2.05, 4.69) is 5.92 Å². The van der Waals surface area contributed by atoms with Gasteiger partial charge in [0.15, 0.2) is 23.1 Å². The summed E-state index contributed by atoms with van der Waals surface area (Å²) in [7, 11) is 1.52. The van der Waals surface area contributed by atoms with E-state index < -0.39 is 18.4 Å². The second kappa shape index (κ2) is 9.16. The van der Waals surface area contributed by atoms with Gasteiger partial charge in [0.05, 0.1) is 19.6 Å². The Kier molecular flexibility index (Phi) is 6.51. The third kappa shape index (κ3) is 4.65. The zero-order valence-corrected chi connectivity index (χ0v) is 21.5. The number of ketones is 2. The van der Waals surface area contributed by atoms with Gasteiger partial charge in [-0.25, -0.2) is 0 Å². The molecule has 0 spiro atoms. The molecular weight excluding hydrogens is 458 g/mol. The zero-order valence-electron chi connectivity index (χ0n) is 21.5. The average molecular weight is 491 g/mol. The molecule has 0 unspecified atom stereocenters. The Hall–Kier alpha value is -3.53. The molecule has 0 fully saturated rings. The van der Waals surface area contributed by atoms with Gasteiger partial charge in [-0.05, 0) is 41.4 Å². The molecule has 190 valence electrons. The number of carboxylic acids is 1. The molecule has 1 aromatic carbocycles. The smallest absolute Gasteiger partial charge is 0.162 e. The van der Waals surface area contributed by atoms with Crippen molar-refractivity contribution in [2.24, 2.45) is 10.8 Å². The fourth-order valence-electron chi connectivity index (χ4n) is 5.80. The van der Waals surface area contributed by atoms with Crippen LogP contribution in [0, 0.1) is 23.2 Å². The molecule has 0 amide bonds. The fraction of sp³-hybridized carbons (Fsp3) is 0.483. The number of hydrogen-bond acceptors (Lipinski definition) is 7. The lowest BCUT2D eigenvalue weighted by Crippen LogP contribution is -2.47. The zero-order chi connectivity index (χ0) is 26.4. The molecule has 36 heavy (non-hydrogen) atoms. The number of benzene rings is 1. The Balaban J connectivity index is 1.97. The van der Waals surface area contributed by atoms with Crippen molar-refractivity contribution >= 4 is 17.5 Å². The van der Waals surface area contributed by atoms with Crippen molar-refractivity contribution in [1.29, 1.82) is 0 Å². The minimum absolute atomic E-state index is 0.0725. The summed E-state index contributed by atoms with van der Waals surface area (Å²) in [6.45, 7) is 7.67. The van der Waals surface area contributed by atoms with Crippen LogP contribution in [0.25, 0.3) is 0 Å². The normalized spacial score (nSPS) is 21.1. The highest BCUT2D eigenvalue weighted by Gasteiger charge is 2.49. The van der Waals surface area contributed by atoms with Crippen LogP contribution in [0.5, 0.6) is 11.5 Å². The molecule has 4 rings (SSSR count). The van der Waals surface area contributed by atoms with E-state index >= 15 is 0 Å². The maximum atomic E-state index is 13.7. The molecule has 0 aromatic heterocycles. The minimum atomic E-state index is -1.25. The summed E-state index contributed by atoms with van der Waals surface area (Å²) in [5, 5.41) is 11.8. The molecule has 1 aromatic rings. The molecule has 0 atom stereocenters. The van der Waals surface area contributed by atoms with Gasteiger partial charge in [-0.2, -0.15) is 0 Å². The van der Waals surface area contributed by atoms with Crippen molar-refractivity contribution in [1.82, 2.24) is 4.90 Å². The van der Waals surface area contributed by atoms with E-state index in [1.165, 1.54) is 7.11 Å². The van der Waals surface area contributed by atoms with Crippen LogP contribution < -0.4 is 14.6 Å². The first-order valence-electron chi connectivity index (χ1n) is 12.1. The highest BCUT2D eigenvalue weighted by atomic mass is 16.5. The molecule has 7 nitrogen and oxygen atoms in total. The average Bonchev–Trinajstić information content (AvgIpc) is 2.76. The highest BCUT2D eigenvalue weighted by Crippen LogP contribution is 2.54. The summed E-state index contributed by atoms with van der Waals surface area (Å²) in [5.74, 6) is 1.30. The largest absolute Gasteiger partial charge is 0.548 e. The van der Waals surface area contributed by atoms with Gasteiger partial charge in [0.2, 0.25) is 0 Å². The second-order valence-corrected chi connectivity index (χ2v) is 11.4. The molecular formula is C29H32NO6-. The summed E-state index contributed by atoms with van der Waals surface area (Å²) >= 11 is 0. The van der Waals surface area contributed by atoms with E-state index in [-0.39, 0.29) is 29.0 Å². The number of methoxy groups -OCH3 is 1. The number of rotatable bonds is 6. The number of ether oxygens (including phenoxy) is 2. The van der Waals surface area contributed by atoms with E-state index in [0.717, 1.165) is 0 Å². The molecule has 0 N–H and O–H groups in total. The van der Waals surface area contributed by atoms with E-state index in [4.69, 9.17) is 15.9 Å². The van der Waals surface area contributed by atoms with E-state index in [1.54, 1.807) is 17.0 Å². The van der Waals surface area contributed by atoms with Crippen molar-refractivity contribution in [3.63, 3.8) is 0 Å². The lowest BCUT2D eigenvalue weighted by atomic mass is 9.63. The number of hydrogen-bond donors (Lipinski definition) is 0. The summed E-state index contributed by atoms with van der Waals surface area (Å²) in [6, 6.07) is 5.33. The predicted octanol–water partition coefficient (Wildman–Crippen LogP) is 3.14. The molecule has 0 bridgehead atoms. The Bertz CT molecular complexity index is 1190. The van der Waals surface area contributed by atoms with Crippen LogP contribution in [-0.4, -0.2) is 42.7 Å². The second-order valence-electron chi connectivity index (χ2n) is 11.4. The molecule has 1 heterocycles. The topological polar surface area (TPSA) is 96.0 Å². The quantitative estimate of drug-likeness (QED) is 0.565.